The standard InChI is InChI=1S/C18H17N3O3/c1-3-24-18-19-16(13-8-5-4-6-9-13)21(20-18)17(22)14-10-7-11-15(12-14)23-2/h4-12H,3H2,1-2H3. The second kappa shape index (κ2) is 6.95. The molecule has 0 spiro atoms. The molecule has 0 aliphatic rings. The molecule has 1 heterocycles. The van der Waals surface area contributed by atoms with E-state index in [1.54, 1.807) is 31.4 Å². The van der Waals surface area contributed by atoms with Gasteiger partial charge in [0.25, 0.3) is 5.91 Å². The lowest BCUT2D eigenvalue weighted by atomic mass is 10.2. The Kier molecular flexibility index (Phi) is 4.56. The SMILES string of the molecule is CCOc1nc(-c2ccccc2)n(C(=O)c2cccc(OC)c2)n1. The lowest BCUT2D eigenvalue weighted by Gasteiger charge is -2.06. The van der Waals surface area contributed by atoms with E-state index in [4.69, 9.17) is 9.47 Å². The minimum Gasteiger partial charge on any atom is -0.497 e. The summed E-state index contributed by atoms with van der Waals surface area (Å²) in [6.07, 6.45) is 0. The van der Waals surface area contributed by atoms with Crippen molar-refractivity contribution in [2.45, 2.75) is 6.92 Å². The van der Waals surface area contributed by atoms with E-state index in [9.17, 15) is 4.79 Å². The summed E-state index contributed by atoms with van der Waals surface area (Å²) in [6, 6.07) is 16.5. The largest absolute Gasteiger partial charge is 0.497 e. The highest BCUT2D eigenvalue weighted by atomic mass is 16.5. The molecule has 0 saturated heterocycles. The molecule has 1 aromatic heterocycles. The summed E-state index contributed by atoms with van der Waals surface area (Å²) in [7, 11) is 1.56. The van der Waals surface area contributed by atoms with E-state index in [-0.39, 0.29) is 11.9 Å². The van der Waals surface area contributed by atoms with E-state index in [1.165, 1.54) is 4.68 Å². The zero-order valence-electron chi connectivity index (χ0n) is 13.5. The fourth-order valence-corrected chi connectivity index (χ4v) is 2.28. The smallest absolute Gasteiger partial charge is 0.336 e. The van der Waals surface area contributed by atoms with Crippen LogP contribution in [0.25, 0.3) is 11.4 Å². The Morgan fingerprint density at radius 2 is 1.92 bits per heavy atom. The molecular formula is C18H17N3O3. The molecule has 3 aromatic rings. The third kappa shape index (κ3) is 3.12. The monoisotopic (exact) mass is 323 g/mol. The second-order valence-electron chi connectivity index (χ2n) is 4.97. The number of rotatable bonds is 5. The van der Waals surface area contributed by atoms with Crippen molar-refractivity contribution in [2.24, 2.45) is 0 Å². The number of benzene rings is 2. The molecule has 0 saturated carbocycles. The highest BCUT2D eigenvalue weighted by Crippen LogP contribution is 2.22. The van der Waals surface area contributed by atoms with Crippen LogP contribution in [0.5, 0.6) is 11.8 Å². The summed E-state index contributed by atoms with van der Waals surface area (Å²) < 4.78 is 11.8. The van der Waals surface area contributed by atoms with Crippen LogP contribution in [0.1, 0.15) is 17.3 Å². The molecule has 0 N–H and O–H groups in total. The Hall–Kier alpha value is -3.15. The average Bonchev–Trinajstić information content (AvgIpc) is 3.06. The summed E-state index contributed by atoms with van der Waals surface area (Å²) in [5.41, 5.74) is 1.24. The van der Waals surface area contributed by atoms with Crippen LogP contribution in [-0.4, -0.2) is 34.4 Å². The average molecular weight is 323 g/mol. The molecule has 0 radical (unpaired) electrons. The molecule has 0 aliphatic heterocycles. The Balaban J connectivity index is 2.06. The van der Waals surface area contributed by atoms with Crippen LogP contribution < -0.4 is 9.47 Å². The molecule has 3 rings (SSSR count). The molecule has 0 bridgehead atoms. The van der Waals surface area contributed by atoms with E-state index in [0.717, 1.165) is 5.56 Å². The molecule has 0 unspecified atom stereocenters. The summed E-state index contributed by atoms with van der Waals surface area (Å²) in [4.78, 5) is 17.2. The molecule has 0 fully saturated rings. The van der Waals surface area contributed by atoms with Crippen LogP contribution in [-0.2, 0) is 0 Å². The summed E-state index contributed by atoms with van der Waals surface area (Å²) in [6.45, 7) is 2.26. The first kappa shape index (κ1) is 15.7. The van der Waals surface area contributed by atoms with Gasteiger partial charge in [0, 0.05) is 11.1 Å². The van der Waals surface area contributed by atoms with Gasteiger partial charge >= 0.3 is 6.01 Å². The van der Waals surface area contributed by atoms with Gasteiger partial charge in [-0.1, -0.05) is 36.4 Å². The molecule has 6 nitrogen and oxygen atoms in total. The second-order valence-corrected chi connectivity index (χ2v) is 4.97. The first-order chi connectivity index (χ1) is 11.7. The molecule has 0 aliphatic carbocycles. The number of nitrogens with zero attached hydrogens (tertiary/aromatic N) is 3. The summed E-state index contributed by atoms with van der Waals surface area (Å²) in [5.74, 6) is 0.741. The van der Waals surface area contributed by atoms with Crippen LogP contribution in [0.4, 0.5) is 0 Å². The molecule has 122 valence electrons. The van der Waals surface area contributed by atoms with Crippen molar-refractivity contribution < 1.29 is 14.3 Å². The van der Waals surface area contributed by atoms with Crippen LogP contribution in [0.3, 0.4) is 0 Å². The third-order valence-corrected chi connectivity index (χ3v) is 3.40. The van der Waals surface area contributed by atoms with Gasteiger partial charge in [-0.25, -0.2) is 0 Å². The summed E-state index contributed by atoms with van der Waals surface area (Å²) in [5, 5.41) is 4.20. The van der Waals surface area contributed by atoms with E-state index in [2.05, 4.69) is 10.1 Å². The van der Waals surface area contributed by atoms with Gasteiger partial charge in [-0.2, -0.15) is 9.67 Å². The first-order valence-corrected chi connectivity index (χ1v) is 7.57. The third-order valence-electron chi connectivity index (χ3n) is 3.40. The Bertz CT molecular complexity index is 844. The highest BCUT2D eigenvalue weighted by molar-refractivity contribution is 5.97. The van der Waals surface area contributed by atoms with Crippen molar-refractivity contribution in [1.82, 2.24) is 14.8 Å². The molecule has 0 amide bonds. The highest BCUT2D eigenvalue weighted by Gasteiger charge is 2.20. The molecule has 24 heavy (non-hydrogen) atoms. The van der Waals surface area contributed by atoms with E-state index in [0.29, 0.717) is 23.7 Å². The molecule has 0 atom stereocenters. The number of ether oxygens (including phenoxy) is 2. The normalized spacial score (nSPS) is 10.4. The fourth-order valence-electron chi connectivity index (χ4n) is 2.28. The molecular weight excluding hydrogens is 306 g/mol. The van der Waals surface area contributed by atoms with Gasteiger partial charge in [0.15, 0.2) is 5.82 Å². The number of carbonyl (C=O) groups is 1. The van der Waals surface area contributed by atoms with Crippen LogP contribution in [0.2, 0.25) is 0 Å². The Morgan fingerprint density at radius 3 is 2.62 bits per heavy atom. The maximum Gasteiger partial charge on any atom is 0.336 e. The van der Waals surface area contributed by atoms with Crippen molar-refractivity contribution in [3.05, 3.63) is 60.2 Å². The van der Waals surface area contributed by atoms with Gasteiger partial charge in [-0.3, -0.25) is 4.79 Å². The summed E-state index contributed by atoms with van der Waals surface area (Å²) >= 11 is 0. The molecule has 6 heteroatoms. The number of hydrogen-bond acceptors (Lipinski definition) is 5. The Morgan fingerprint density at radius 1 is 1.12 bits per heavy atom. The predicted molar refractivity (Wildman–Crippen MR) is 89.3 cm³/mol. The number of hydrogen-bond donors (Lipinski definition) is 0. The van der Waals surface area contributed by atoms with Crippen LogP contribution in [0, 0.1) is 0 Å². The van der Waals surface area contributed by atoms with Gasteiger partial charge < -0.3 is 9.47 Å². The minimum absolute atomic E-state index is 0.174. The van der Waals surface area contributed by atoms with Gasteiger partial charge in [0.1, 0.15) is 5.75 Å². The lowest BCUT2D eigenvalue weighted by Crippen LogP contribution is -2.15. The van der Waals surface area contributed by atoms with Gasteiger partial charge in [0.05, 0.1) is 13.7 Å². The first-order valence-electron chi connectivity index (χ1n) is 7.57. The predicted octanol–water partition coefficient (Wildman–Crippen LogP) is 3.04. The van der Waals surface area contributed by atoms with Crippen molar-refractivity contribution in [3.63, 3.8) is 0 Å². The van der Waals surface area contributed by atoms with E-state index in [1.807, 2.05) is 37.3 Å². The zero-order chi connectivity index (χ0) is 16.9. The van der Waals surface area contributed by atoms with Crippen LogP contribution in [0.15, 0.2) is 54.6 Å². The van der Waals surface area contributed by atoms with Gasteiger partial charge in [-0.15, -0.1) is 5.10 Å². The van der Waals surface area contributed by atoms with Crippen molar-refractivity contribution in [1.29, 1.82) is 0 Å². The van der Waals surface area contributed by atoms with Crippen molar-refractivity contribution >= 4 is 5.91 Å². The topological polar surface area (TPSA) is 66.2 Å². The van der Waals surface area contributed by atoms with Gasteiger partial charge in [0.2, 0.25) is 0 Å². The maximum absolute atomic E-state index is 12.9. The fraction of sp³-hybridized carbons (Fsp3) is 0.167. The quantitative estimate of drug-likeness (QED) is 0.722. The van der Waals surface area contributed by atoms with E-state index < -0.39 is 0 Å². The van der Waals surface area contributed by atoms with Crippen LogP contribution >= 0.6 is 0 Å². The Labute approximate surface area is 139 Å². The van der Waals surface area contributed by atoms with E-state index >= 15 is 0 Å². The lowest BCUT2D eigenvalue weighted by molar-refractivity contribution is 0.0944. The number of aromatic nitrogens is 3. The number of carbonyl (C=O) groups excluding carboxylic acids is 1. The van der Waals surface area contributed by atoms with Gasteiger partial charge in [-0.05, 0) is 25.1 Å². The maximum atomic E-state index is 12.9. The van der Waals surface area contributed by atoms with Crippen molar-refractivity contribution in [3.8, 4) is 23.1 Å². The molecule has 2 aromatic carbocycles. The number of methoxy groups -OCH3 is 1. The minimum atomic E-state index is -0.300. The zero-order valence-corrected chi connectivity index (χ0v) is 13.5. The van der Waals surface area contributed by atoms with Crippen molar-refractivity contribution in [2.75, 3.05) is 13.7 Å².